The first-order valence-corrected chi connectivity index (χ1v) is 7.24. The number of carbonyl (C=O) groups excluding carboxylic acids is 1. The average molecular weight is 282 g/mol. The molecular weight excluding hydrogens is 264 g/mol. The standard InChI is InChI=1S/C13H18N2O3S/c1-8-7-9(13(17)18)3-4-11(8)15-12(16)10(14)5-6-19-2/h3-4,7,10H,5-6,14H2,1-2H3,(H,15,16)(H,17,18)/t10-/m0/s1. The number of aryl methyl sites for hydroxylation is 1. The Labute approximate surface area is 116 Å². The van der Waals surface area contributed by atoms with Crippen LogP contribution in [0.2, 0.25) is 0 Å². The van der Waals surface area contributed by atoms with Crippen LogP contribution in [0.3, 0.4) is 0 Å². The fourth-order valence-electron chi connectivity index (χ4n) is 1.54. The van der Waals surface area contributed by atoms with E-state index in [1.807, 2.05) is 6.26 Å². The van der Waals surface area contributed by atoms with Gasteiger partial charge in [-0.3, -0.25) is 4.79 Å². The number of thioether (sulfide) groups is 1. The molecule has 0 unspecified atom stereocenters. The number of nitrogens with one attached hydrogen (secondary N) is 1. The molecule has 0 radical (unpaired) electrons. The molecule has 4 N–H and O–H groups in total. The van der Waals surface area contributed by atoms with Crippen molar-refractivity contribution in [3.05, 3.63) is 29.3 Å². The van der Waals surface area contributed by atoms with Crippen LogP contribution in [0, 0.1) is 6.92 Å². The fraction of sp³-hybridized carbons (Fsp3) is 0.385. The maximum absolute atomic E-state index is 11.8. The second-order valence-corrected chi connectivity index (χ2v) is 5.20. The van der Waals surface area contributed by atoms with Gasteiger partial charge in [0.15, 0.2) is 0 Å². The fourth-order valence-corrected chi connectivity index (χ4v) is 2.03. The molecule has 0 fully saturated rings. The van der Waals surface area contributed by atoms with Crippen LogP contribution in [0.4, 0.5) is 5.69 Å². The lowest BCUT2D eigenvalue weighted by Crippen LogP contribution is -2.36. The van der Waals surface area contributed by atoms with Crippen molar-refractivity contribution in [1.29, 1.82) is 0 Å². The molecule has 1 amide bonds. The highest BCUT2D eigenvalue weighted by Crippen LogP contribution is 2.17. The van der Waals surface area contributed by atoms with Crippen LogP contribution < -0.4 is 11.1 Å². The monoisotopic (exact) mass is 282 g/mol. The third-order valence-electron chi connectivity index (χ3n) is 2.70. The summed E-state index contributed by atoms with van der Waals surface area (Å²) in [4.78, 5) is 22.6. The summed E-state index contributed by atoms with van der Waals surface area (Å²) in [7, 11) is 0. The molecule has 104 valence electrons. The Hall–Kier alpha value is -1.53. The number of hydrogen-bond acceptors (Lipinski definition) is 4. The molecule has 1 aromatic rings. The molecule has 1 aromatic carbocycles. The van der Waals surface area contributed by atoms with Crippen molar-refractivity contribution >= 4 is 29.3 Å². The number of carboxylic acids is 1. The van der Waals surface area contributed by atoms with Crippen LogP contribution in [-0.4, -0.2) is 35.0 Å². The van der Waals surface area contributed by atoms with Gasteiger partial charge >= 0.3 is 5.97 Å². The summed E-state index contributed by atoms with van der Waals surface area (Å²) in [6.07, 6.45) is 2.57. The second kappa shape index (κ2) is 7.16. The molecule has 1 atom stereocenters. The van der Waals surface area contributed by atoms with Crippen LogP contribution in [0.25, 0.3) is 0 Å². The molecule has 6 heteroatoms. The average Bonchev–Trinajstić information content (AvgIpc) is 2.37. The maximum atomic E-state index is 11.8. The lowest BCUT2D eigenvalue weighted by molar-refractivity contribution is -0.117. The van der Waals surface area contributed by atoms with Crippen molar-refractivity contribution in [3.8, 4) is 0 Å². The number of benzene rings is 1. The Kier molecular flexibility index (Phi) is 5.85. The van der Waals surface area contributed by atoms with Crippen LogP contribution in [0.5, 0.6) is 0 Å². The number of hydrogen-bond donors (Lipinski definition) is 3. The van der Waals surface area contributed by atoms with Crippen LogP contribution in [0.15, 0.2) is 18.2 Å². The van der Waals surface area contributed by atoms with Crippen molar-refractivity contribution in [3.63, 3.8) is 0 Å². The number of carbonyl (C=O) groups is 2. The van der Waals surface area contributed by atoms with Gasteiger partial charge in [-0.25, -0.2) is 4.79 Å². The summed E-state index contributed by atoms with van der Waals surface area (Å²) in [5, 5.41) is 11.6. The Morgan fingerprint density at radius 3 is 2.68 bits per heavy atom. The van der Waals surface area contributed by atoms with Crippen LogP contribution >= 0.6 is 11.8 Å². The van der Waals surface area contributed by atoms with Gasteiger partial charge in [0.25, 0.3) is 0 Å². The van der Waals surface area contributed by atoms with E-state index in [-0.39, 0.29) is 11.5 Å². The summed E-state index contributed by atoms with van der Waals surface area (Å²) < 4.78 is 0. The molecule has 0 aliphatic carbocycles. The molecule has 0 heterocycles. The number of aromatic carboxylic acids is 1. The van der Waals surface area contributed by atoms with Crippen molar-refractivity contribution in [2.45, 2.75) is 19.4 Å². The number of nitrogens with two attached hydrogens (primary N) is 1. The molecule has 0 aliphatic rings. The van der Waals surface area contributed by atoms with E-state index in [1.54, 1.807) is 24.8 Å². The van der Waals surface area contributed by atoms with E-state index in [4.69, 9.17) is 10.8 Å². The molecule has 19 heavy (non-hydrogen) atoms. The summed E-state index contributed by atoms with van der Waals surface area (Å²) in [6, 6.07) is 4.01. The zero-order valence-electron chi connectivity index (χ0n) is 11.0. The smallest absolute Gasteiger partial charge is 0.335 e. The van der Waals surface area contributed by atoms with Gasteiger partial charge in [-0.1, -0.05) is 0 Å². The van der Waals surface area contributed by atoms with Gasteiger partial charge < -0.3 is 16.2 Å². The van der Waals surface area contributed by atoms with Crippen molar-refractivity contribution < 1.29 is 14.7 Å². The third-order valence-corrected chi connectivity index (χ3v) is 3.34. The van der Waals surface area contributed by atoms with E-state index in [1.165, 1.54) is 12.1 Å². The molecule has 0 bridgehead atoms. The predicted octanol–water partition coefficient (Wildman–Crippen LogP) is 1.71. The highest BCUT2D eigenvalue weighted by atomic mass is 32.2. The first-order valence-electron chi connectivity index (χ1n) is 5.85. The summed E-state index contributed by atoms with van der Waals surface area (Å²) in [5.74, 6) is -0.413. The van der Waals surface area contributed by atoms with Gasteiger partial charge in [0.05, 0.1) is 11.6 Å². The molecule has 0 aromatic heterocycles. The van der Waals surface area contributed by atoms with Crippen LogP contribution in [-0.2, 0) is 4.79 Å². The van der Waals surface area contributed by atoms with Crippen molar-refractivity contribution in [2.24, 2.45) is 5.73 Å². The minimum atomic E-state index is -0.988. The second-order valence-electron chi connectivity index (χ2n) is 4.21. The summed E-state index contributed by atoms with van der Waals surface area (Å²) >= 11 is 1.64. The number of rotatable bonds is 6. The lowest BCUT2D eigenvalue weighted by atomic mass is 10.1. The van der Waals surface area contributed by atoms with E-state index in [0.29, 0.717) is 17.7 Å². The van der Waals surface area contributed by atoms with E-state index in [9.17, 15) is 9.59 Å². The Bertz CT molecular complexity index is 477. The van der Waals surface area contributed by atoms with Crippen molar-refractivity contribution in [2.75, 3.05) is 17.3 Å². The molecule has 0 spiro atoms. The lowest BCUT2D eigenvalue weighted by Gasteiger charge is -2.13. The highest BCUT2D eigenvalue weighted by molar-refractivity contribution is 7.98. The highest BCUT2D eigenvalue weighted by Gasteiger charge is 2.14. The predicted molar refractivity (Wildman–Crippen MR) is 77.7 cm³/mol. The van der Waals surface area contributed by atoms with Crippen LogP contribution in [0.1, 0.15) is 22.3 Å². The number of carboxylic acid groups (broad SMARTS) is 1. The minimum absolute atomic E-state index is 0.196. The third kappa shape index (κ3) is 4.57. The van der Waals surface area contributed by atoms with Crippen molar-refractivity contribution in [1.82, 2.24) is 0 Å². The number of amides is 1. The Morgan fingerprint density at radius 1 is 1.47 bits per heavy atom. The maximum Gasteiger partial charge on any atom is 0.335 e. The largest absolute Gasteiger partial charge is 0.478 e. The molecule has 0 aliphatic heterocycles. The summed E-state index contributed by atoms with van der Waals surface area (Å²) in [6.45, 7) is 1.75. The van der Waals surface area contributed by atoms with E-state index in [0.717, 1.165) is 5.75 Å². The topological polar surface area (TPSA) is 92.4 Å². The van der Waals surface area contributed by atoms with E-state index < -0.39 is 12.0 Å². The zero-order chi connectivity index (χ0) is 14.4. The van der Waals surface area contributed by atoms with Gasteiger partial charge in [-0.2, -0.15) is 11.8 Å². The molecule has 1 rings (SSSR count). The van der Waals surface area contributed by atoms with Gasteiger partial charge in [-0.15, -0.1) is 0 Å². The Balaban J connectivity index is 2.72. The zero-order valence-corrected chi connectivity index (χ0v) is 11.8. The molecular formula is C13H18N2O3S. The molecule has 0 saturated carbocycles. The first-order chi connectivity index (χ1) is 8.95. The number of anilines is 1. The minimum Gasteiger partial charge on any atom is -0.478 e. The van der Waals surface area contributed by atoms with Gasteiger partial charge in [0.1, 0.15) is 0 Å². The molecule has 5 nitrogen and oxygen atoms in total. The van der Waals surface area contributed by atoms with E-state index in [2.05, 4.69) is 5.32 Å². The van der Waals surface area contributed by atoms with Gasteiger partial charge in [0, 0.05) is 5.69 Å². The van der Waals surface area contributed by atoms with Gasteiger partial charge in [0.2, 0.25) is 5.91 Å². The SMILES string of the molecule is CSCC[C@H](N)C(=O)Nc1ccc(C(=O)O)cc1C. The first kappa shape index (κ1) is 15.5. The van der Waals surface area contributed by atoms with Gasteiger partial charge in [-0.05, 0) is 49.1 Å². The quantitative estimate of drug-likeness (QED) is 0.738. The normalized spacial score (nSPS) is 11.9. The Morgan fingerprint density at radius 2 is 2.16 bits per heavy atom. The van der Waals surface area contributed by atoms with E-state index >= 15 is 0 Å². The summed E-state index contributed by atoms with van der Waals surface area (Å²) in [5.41, 5.74) is 7.25. The molecule has 0 saturated heterocycles.